The van der Waals surface area contributed by atoms with E-state index in [-0.39, 0.29) is 32.5 Å². The molecule has 1 saturated heterocycles. The van der Waals surface area contributed by atoms with Crippen LogP contribution < -0.4 is 0 Å². The van der Waals surface area contributed by atoms with Gasteiger partial charge in [-0.1, -0.05) is 0 Å². The summed E-state index contributed by atoms with van der Waals surface area (Å²) in [6, 6.07) is 0. The molecule has 3 N–H and O–H groups in total. The van der Waals surface area contributed by atoms with Gasteiger partial charge in [0.15, 0.2) is 0 Å². The lowest BCUT2D eigenvalue weighted by Gasteiger charge is -2.36. The van der Waals surface area contributed by atoms with Crippen LogP contribution in [0.4, 0.5) is 0 Å². The number of hydrogen-bond acceptors (Lipinski definition) is 4. The first kappa shape index (κ1) is 14.4. The van der Waals surface area contributed by atoms with Crippen LogP contribution >= 0.6 is 0 Å². The topological polar surface area (TPSA) is 121 Å². The normalized spacial score (nSPS) is 27.7. The molecule has 18 heavy (non-hydrogen) atoms. The van der Waals surface area contributed by atoms with E-state index >= 15 is 0 Å². The molecule has 1 fully saturated rings. The van der Waals surface area contributed by atoms with Gasteiger partial charge in [-0.05, 0) is 17.8 Å². The molecule has 0 aromatic heterocycles. The Balaban J connectivity index is 2.78. The highest BCUT2D eigenvalue weighted by Crippen LogP contribution is 2.34. The monoisotopic (exact) mass is 260 g/mol. The summed E-state index contributed by atoms with van der Waals surface area (Å²) in [7, 11) is 0. The fraction of sp³-hybridized carbons (Fsp3) is 0.727. The van der Waals surface area contributed by atoms with Gasteiger partial charge in [0.2, 0.25) is 0 Å². The zero-order valence-corrected chi connectivity index (χ0v) is 9.74. The molecule has 7 heteroatoms. The van der Waals surface area contributed by atoms with E-state index in [1.54, 1.807) is 0 Å². The van der Waals surface area contributed by atoms with Gasteiger partial charge < -0.3 is 20.1 Å². The van der Waals surface area contributed by atoms with Gasteiger partial charge in [-0.2, -0.15) is 0 Å². The highest BCUT2D eigenvalue weighted by atomic mass is 16.5. The molecule has 0 spiro atoms. The number of ether oxygens (including phenoxy) is 1. The van der Waals surface area contributed by atoms with E-state index < -0.39 is 35.7 Å². The molecule has 2 atom stereocenters. The molecule has 0 amide bonds. The molecule has 0 radical (unpaired) electrons. The van der Waals surface area contributed by atoms with Crippen molar-refractivity contribution in [3.8, 4) is 0 Å². The first-order chi connectivity index (χ1) is 8.40. The van der Waals surface area contributed by atoms with Crippen molar-refractivity contribution >= 4 is 17.9 Å². The summed E-state index contributed by atoms with van der Waals surface area (Å²) in [5, 5.41) is 26.4. The zero-order chi connectivity index (χ0) is 13.7. The third kappa shape index (κ3) is 4.33. The lowest BCUT2D eigenvalue weighted by Crippen LogP contribution is -2.39. The Labute approximate surface area is 103 Å². The van der Waals surface area contributed by atoms with Crippen LogP contribution in [0, 0.1) is 17.8 Å². The summed E-state index contributed by atoms with van der Waals surface area (Å²) >= 11 is 0. The molecule has 2 unspecified atom stereocenters. The van der Waals surface area contributed by atoms with Gasteiger partial charge in [-0.3, -0.25) is 14.4 Å². The molecule has 7 nitrogen and oxygen atoms in total. The Morgan fingerprint density at radius 1 is 0.833 bits per heavy atom. The predicted molar refractivity (Wildman–Crippen MR) is 58.0 cm³/mol. The Morgan fingerprint density at radius 3 is 1.56 bits per heavy atom. The number of carbonyl (C=O) groups is 3. The van der Waals surface area contributed by atoms with Crippen LogP contribution in [0.3, 0.4) is 0 Å². The molecule has 1 aliphatic heterocycles. The average Bonchev–Trinajstić information content (AvgIpc) is 2.20. The van der Waals surface area contributed by atoms with Crippen LogP contribution in [0.25, 0.3) is 0 Å². The second-order valence-electron chi connectivity index (χ2n) is 4.52. The highest BCUT2D eigenvalue weighted by Gasteiger charge is 2.37. The fourth-order valence-corrected chi connectivity index (χ4v) is 2.41. The van der Waals surface area contributed by atoms with Crippen LogP contribution in [0.2, 0.25) is 0 Å². The minimum absolute atomic E-state index is 0.167. The van der Waals surface area contributed by atoms with Gasteiger partial charge in [-0.15, -0.1) is 0 Å². The molecule has 102 valence electrons. The van der Waals surface area contributed by atoms with E-state index in [1.165, 1.54) is 0 Å². The second-order valence-corrected chi connectivity index (χ2v) is 4.52. The van der Waals surface area contributed by atoms with Gasteiger partial charge in [-0.25, -0.2) is 0 Å². The predicted octanol–water partition coefficient (Wildman–Crippen LogP) is 0.289. The van der Waals surface area contributed by atoms with Gasteiger partial charge >= 0.3 is 17.9 Å². The molecular weight excluding hydrogens is 244 g/mol. The van der Waals surface area contributed by atoms with Gasteiger partial charge in [0.1, 0.15) is 0 Å². The molecule has 1 heterocycles. The lowest BCUT2D eigenvalue weighted by atomic mass is 9.75. The van der Waals surface area contributed by atoms with Crippen molar-refractivity contribution < 1.29 is 34.4 Å². The third-order valence-electron chi connectivity index (χ3n) is 3.16. The molecule has 0 aromatic carbocycles. The minimum Gasteiger partial charge on any atom is -0.481 e. The number of carboxylic acids is 3. The molecule has 1 aliphatic rings. The molecule has 1 rings (SSSR count). The van der Waals surface area contributed by atoms with Crippen molar-refractivity contribution in [2.75, 3.05) is 13.2 Å². The standard InChI is InChI=1S/C11H16O7/c12-9(13)1-6-4-18-5-7(2-10(14)15)8(6)3-11(16)17/h6-8H,1-5H2,(H,12,13)(H,14,15)(H,16,17). The van der Waals surface area contributed by atoms with Gasteiger partial charge in [0, 0.05) is 6.42 Å². The second kappa shape index (κ2) is 6.34. The Bertz CT molecular complexity index is 314. The maximum absolute atomic E-state index is 10.8. The maximum atomic E-state index is 10.8. The van der Waals surface area contributed by atoms with Crippen molar-refractivity contribution in [2.24, 2.45) is 17.8 Å². The van der Waals surface area contributed by atoms with Crippen LogP contribution in [-0.2, 0) is 19.1 Å². The molecule has 0 saturated carbocycles. The number of rotatable bonds is 6. The average molecular weight is 260 g/mol. The highest BCUT2D eigenvalue weighted by molar-refractivity contribution is 5.70. The van der Waals surface area contributed by atoms with Crippen LogP contribution in [0.15, 0.2) is 0 Å². The molecule has 0 aromatic rings. The van der Waals surface area contributed by atoms with Crippen molar-refractivity contribution in [3.05, 3.63) is 0 Å². The van der Waals surface area contributed by atoms with E-state index in [9.17, 15) is 14.4 Å². The van der Waals surface area contributed by atoms with Crippen molar-refractivity contribution in [1.29, 1.82) is 0 Å². The van der Waals surface area contributed by atoms with E-state index in [0.717, 1.165) is 0 Å². The third-order valence-corrected chi connectivity index (χ3v) is 3.16. The van der Waals surface area contributed by atoms with Crippen molar-refractivity contribution in [1.82, 2.24) is 0 Å². The summed E-state index contributed by atoms with van der Waals surface area (Å²) in [4.78, 5) is 32.2. The van der Waals surface area contributed by atoms with Crippen LogP contribution in [0.1, 0.15) is 19.3 Å². The summed E-state index contributed by atoms with van der Waals surface area (Å²) in [5.41, 5.74) is 0. The molecular formula is C11H16O7. The number of aliphatic carboxylic acids is 3. The van der Waals surface area contributed by atoms with Crippen LogP contribution in [0.5, 0.6) is 0 Å². The Kier molecular flexibility index (Phi) is 5.08. The fourth-order valence-electron chi connectivity index (χ4n) is 2.41. The van der Waals surface area contributed by atoms with E-state index in [4.69, 9.17) is 20.1 Å². The van der Waals surface area contributed by atoms with Crippen molar-refractivity contribution in [3.63, 3.8) is 0 Å². The van der Waals surface area contributed by atoms with Crippen molar-refractivity contribution in [2.45, 2.75) is 19.3 Å². The summed E-state index contributed by atoms with van der Waals surface area (Å²) < 4.78 is 5.19. The maximum Gasteiger partial charge on any atom is 0.303 e. The molecule has 0 bridgehead atoms. The molecule has 0 aliphatic carbocycles. The lowest BCUT2D eigenvalue weighted by molar-refractivity contribution is -0.150. The Hall–Kier alpha value is -1.63. The smallest absolute Gasteiger partial charge is 0.303 e. The summed E-state index contributed by atoms with van der Waals surface area (Å²) in [6.45, 7) is 0.334. The SMILES string of the molecule is O=C(O)CC1COCC(CC(=O)O)C1CC(=O)O. The first-order valence-corrected chi connectivity index (χ1v) is 5.63. The quantitative estimate of drug-likeness (QED) is 0.627. The Morgan fingerprint density at radius 2 is 1.22 bits per heavy atom. The van der Waals surface area contributed by atoms with Crippen LogP contribution in [-0.4, -0.2) is 46.4 Å². The van der Waals surface area contributed by atoms with Gasteiger partial charge in [0.25, 0.3) is 0 Å². The van der Waals surface area contributed by atoms with Gasteiger partial charge in [0.05, 0.1) is 26.1 Å². The van der Waals surface area contributed by atoms with E-state index in [1.807, 2.05) is 0 Å². The van der Waals surface area contributed by atoms with E-state index in [0.29, 0.717) is 0 Å². The first-order valence-electron chi connectivity index (χ1n) is 5.63. The largest absolute Gasteiger partial charge is 0.481 e. The zero-order valence-electron chi connectivity index (χ0n) is 9.74. The minimum atomic E-state index is -1.05. The van der Waals surface area contributed by atoms with E-state index in [2.05, 4.69) is 0 Å². The number of carboxylic acid groups (broad SMARTS) is 3. The summed E-state index contributed by atoms with van der Waals surface area (Å²) in [6.07, 6.45) is -0.624. The number of hydrogen-bond donors (Lipinski definition) is 3. The summed E-state index contributed by atoms with van der Waals surface area (Å²) in [5.74, 6) is -4.48.